The molecule has 1 saturated heterocycles. The average Bonchev–Trinajstić information content (AvgIpc) is 2.51. The van der Waals surface area contributed by atoms with Gasteiger partial charge in [-0.1, -0.05) is 34.1 Å². The van der Waals surface area contributed by atoms with Crippen LogP contribution in [0.2, 0.25) is 0 Å². The van der Waals surface area contributed by atoms with E-state index in [0.29, 0.717) is 0 Å². The van der Waals surface area contributed by atoms with Gasteiger partial charge in [-0.3, -0.25) is 4.90 Å². The molecule has 0 atom stereocenters. The Morgan fingerprint density at radius 3 is 2.45 bits per heavy atom. The van der Waals surface area contributed by atoms with Crippen LogP contribution in [0.15, 0.2) is 46.9 Å². The monoisotopic (exact) mass is 362 g/mol. The molecule has 4 heteroatoms. The highest BCUT2D eigenvalue weighted by Gasteiger charge is 2.19. The molecule has 0 aliphatic carbocycles. The van der Waals surface area contributed by atoms with Gasteiger partial charge in [-0.05, 0) is 42.3 Å². The van der Waals surface area contributed by atoms with E-state index in [1.165, 1.54) is 17.2 Å². The highest BCUT2D eigenvalue weighted by molar-refractivity contribution is 9.10. The molecule has 1 fully saturated rings. The van der Waals surface area contributed by atoms with Gasteiger partial charge in [0.05, 0.1) is 5.69 Å². The molecule has 3 rings (SSSR count). The second-order valence-electron chi connectivity index (χ2n) is 5.79. The van der Waals surface area contributed by atoms with Crippen LogP contribution in [0.1, 0.15) is 11.1 Å². The lowest BCUT2D eigenvalue weighted by molar-refractivity contribution is 0.249. The van der Waals surface area contributed by atoms with Crippen molar-refractivity contribution in [2.75, 3.05) is 31.1 Å². The second-order valence-corrected chi connectivity index (χ2v) is 6.70. The summed E-state index contributed by atoms with van der Waals surface area (Å²) in [5.41, 5.74) is 3.40. The molecular formula is C18H20BrFN2. The van der Waals surface area contributed by atoms with Crippen molar-refractivity contribution in [1.82, 2.24) is 4.90 Å². The average molecular weight is 363 g/mol. The maximum atomic E-state index is 13.8. The summed E-state index contributed by atoms with van der Waals surface area (Å²) < 4.78 is 15.0. The zero-order valence-electron chi connectivity index (χ0n) is 12.7. The molecule has 0 N–H and O–H groups in total. The van der Waals surface area contributed by atoms with Gasteiger partial charge in [0.2, 0.25) is 0 Å². The first-order chi connectivity index (χ1) is 10.6. The Hall–Kier alpha value is -1.39. The van der Waals surface area contributed by atoms with Gasteiger partial charge in [0.1, 0.15) is 5.82 Å². The van der Waals surface area contributed by atoms with E-state index in [9.17, 15) is 4.39 Å². The standard InChI is InChI=1S/C18H20BrFN2/c1-14-12-16(19)7-6-15(14)13-21-8-10-22(11-9-21)18-5-3-2-4-17(18)20/h2-7,12H,8-11,13H2,1H3. The van der Waals surface area contributed by atoms with E-state index >= 15 is 0 Å². The minimum absolute atomic E-state index is 0.125. The molecule has 1 aliphatic heterocycles. The maximum absolute atomic E-state index is 13.8. The van der Waals surface area contributed by atoms with E-state index in [2.05, 4.69) is 50.9 Å². The number of benzene rings is 2. The molecule has 0 unspecified atom stereocenters. The Morgan fingerprint density at radius 1 is 1.05 bits per heavy atom. The first-order valence-electron chi connectivity index (χ1n) is 7.60. The normalized spacial score (nSPS) is 16.0. The van der Waals surface area contributed by atoms with Crippen molar-refractivity contribution in [2.24, 2.45) is 0 Å². The molecule has 0 radical (unpaired) electrons. The summed E-state index contributed by atoms with van der Waals surface area (Å²) in [7, 11) is 0. The van der Waals surface area contributed by atoms with Crippen LogP contribution < -0.4 is 4.90 Å². The molecule has 0 amide bonds. The third kappa shape index (κ3) is 3.50. The topological polar surface area (TPSA) is 6.48 Å². The van der Waals surface area contributed by atoms with Crippen molar-refractivity contribution < 1.29 is 4.39 Å². The number of aryl methyl sites for hydroxylation is 1. The summed E-state index contributed by atoms with van der Waals surface area (Å²) in [5, 5.41) is 0. The predicted molar refractivity (Wildman–Crippen MR) is 92.8 cm³/mol. The molecule has 1 heterocycles. The molecule has 0 saturated carbocycles. The van der Waals surface area contributed by atoms with Gasteiger partial charge in [0.25, 0.3) is 0 Å². The lowest BCUT2D eigenvalue weighted by atomic mass is 10.1. The van der Waals surface area contributed by atoms with Crippen molar-refractivity contribution in [3.8, 4) is 0 Å². The maximum Gasteiger partial charge on any atom is 0.146 e. The Balaban J connectivity index is 1.61. The van der Waals surface area contributed by atoms with E-state index < -0.39 is 0 Å². The summed E-state index contributed by atoms with van der Waals surface area (Å²) in [6.45, 7) is 6.78. The molecule has 22 heavy (non-hydrogen) atoms. The van der Waals surface area contributed by atoms with Crippen molar-refractivity contribution in [2.45, 2.75) is 13.5 Å². The summed E-state index contributed by atoms with van der Waals surface area (Å²) in [6.07, 6.45) is 0. The number of anilines is 1. The zero-order chi connectivity index (χ0) is 15.5. The second kappa shape index (κ2) is 6.80. The minimum Gasteiger partial charge on any atom is -0.367 e. The van der Waals surface area contributed by atoms with Crippen LogP contribution in [0.25, 0.3) is 0 Å². The number of hydrogen-bond acceptors (Lipinski definition) is 2. The number of rotatable bonds is 3. The van der Waals surface area contributed by atoms with Crippen LogP contribution in [0.5, 0.6) is 0 Å². The largest absolute Gasteiger partial charge is 0.367 e. The Kier molecular flexibility index (Phi) is 4.79. The predicted octanol–water partition coefficient (Wildman–Crippen LogP) is 4.22. The summed E-state index contributed by atoms with van der Waals surface area (Å²) in [6, 6.07) is 13.5. The van der Waals surface area contributed by atoms with E-state index in [1.807, 2.05) is 12.1 Å². The first-order valence-corrected chi connectivity index (χ1v) is 8.39. The molecule has 0 spiro atoms. The Bertz CT molecular complexity index is 651. The van der Waals surface area contributed by atoms with Crippen molar-refractivity contribution in [3.05, 3.63) is 63.9 Å². The van der Waals surface area contributed by atoms with Crippen molar-refractivity contribution >= 4 is 21.6 Å². The smallest absolute Gasteiger partial charge is 0.146 e. The fraction of sp³-hybridized carbons (Fsp3) is 0.333. The SMILES string of the molecule is Cc1cc(Br)ccc1CN1CCN(c2ccccc2F)CC1. The van der Waals surface area contributed by atoms with Gasteiger partial charge in [-0.25, -0.2) is 4.39 Å². The molecule has 2 nitrogen and oxygen atoms in total. The third-order valence-corrected chi connectivity index (χ3v) is 4.76. The number of piperazine rings is 1. The van der Waals surface area contributed by atoms with Crippen molar-refractivity contribution in [3.63, 3.8) is 0 Å². The van der Waals surface area contributed by atoms with Gasteiger partial charge in [-0.15, -0.1) is 0 Å². The highest BCUT2D eigenvalue weighted by Crippen LogP contribution is 2.22. The molecular weight excluding hydrogens is 343 g/mol. The highest BCUT2D eigenvalue weighted by atomic mass is 79.9. The molecule has 2 aromatic carbocycles. The fourth-order valence-electron chi connectivity index (χ4n) is 2.93. The molecule has 2 aromatic rings. The number of nitrogens with zero attached hydrogens (tertiary/aromatic N) is 2. The van der Waals surface area contributed by atoms with E-state index in [1.54, 1.807) is 6.07 Å². The van der Waals surface area contributed by atoms with E-state index in [4.69, 9.17) is 0 Å². The van der Waals surface area contributed by atoms with Crippen LogP contribution in [0.3, 0.4) is 0 Å². The van der Waals surface area contributed by atoms with Crippen LogP contribution in [-0.4, -0.2) is 31.1 Å². The van der Waals surface area contributed by atoms with Gasteiger partial charge in [0, 0.05) is 37.2 Å². The Morgan fingerprint density at radius 2 is 1.77 bits per heavy atom. The Labute approximate surface area is 139 Å². The molecule has 1 aliphatic rings. The molecule has 0 aromatic heterocycles. The third-order valence-electron chi connectivity index (χ3n) is 4.26. The van der Waals surface area contributed by atoms with Gasteiger partial charge in [-0.2, -0.15) is 0 Å². The fourth-order valence-corrected chi connectivity index (χ4v) is 3.41. The van der Waals surface area contributed by atoms with Crippen molar-refractivity contribution in [1.29, 1.82) is 0 Å². The molecule has 0 bridgehead atoms. The van der Waals surface area contributed by atoms with E-state index in [0.717, 1.165) is 42.9 Å². The molecule has 116 valence electrons. The number of para-hydroxylation sites is 1. The van der Waals surface area contributed by atoms with Crippen LogP contribution in [-0.2, 0) is 6.54 Å². The van der Waals surface area contributed by atoms with E-state index in [-0.39, 0.29) is 5.82 Å². The minimum atomic E-state index is -0.125. The lowest BCUT2D eigenvalue weighted by Gasteiger charge is -2.36. The van der Waals surface area contributed by atoms with Crippen LogP contribution in [0, 0.1) is 12.7 Å². The number of hydrogen-bond donors (Lipinski definition) is 0. The van der Waals surface area contributed by atoms with Gasteiger partial charge < -0.3 is 4.90 Å². The quantitative estimate of drug-likeness (QED) is 0.806. The summed E-state index contributed by atoms with van der Waals surface area (Å²) in [4.78, 5) is 4.58. The number of halogens is 2. The van der Waals surface area contributed by atoms with Crippen LogP contribution in [0.4, 0.5) is 10.1 Å². The summed E-state index contributed by atoms with van der Waals surface area (Å²) >= 11 is 3.51. The lowest BCUT2D eigenvalue weighted by Crippen LogP contribution is -2.46. The zero-order valence-corrected chi connectivity index (χ0v) is 14.3. The van der Waals surface area contributed by atoms with Gasteiger partial charge in [0.15, 0.2) is 0 Å². The first kappa shape index (κ1) is 15.5. The van der Waals surface area contributed by atoms with Gasteiger partial charge >= 0.3 is 0 Å². The summed E-state index contributed by atoms with van der Waals surface area (Å²) in [5.74, 6) is -0.125. The van der Waals surface area contributed by atoms with Crippen LogP contribution >= 0.6 is 15.9 Å².